The summed E-state index contributed by atoms with van der Waals surface area (Å²) < 4.78 is 25.0. The second kappa shape index (κ2) is 8.02. The van der Waals surface area contributed by atoms with Gasteiger partial charge < -0.3 is 14.8 Å². The van der Waals surface area contributed by atoms with Gasteiger partial charge in [-0.25, -0.2) is 13.2 Å². The minimum absolute atomic E-state index is 0.0235. The molecule has 3 rings (SSSR count). The van der Waals surface area contributed by atoms with Gasteiger partial charge in [0.05, 0.1) is 22.0 Å². The van der Waals surface area contributed by atoms with Crippen molar-refractivity contribution in [1.82, 2.24) is 4.57 Å². The smallest absolute Gasteiger partial charge is 0.341 e. The highest BCUT2D eigenvalue weighted by Gasteiger charge is 2.20. The molecule has 0 spiro atoms. The van der Waals surface area contributed by atoms with Crippen molar-refractivity contribution in [3.8, 4) is 0 Å². The van der Waals surface area contributed by atoms with Gasteiger partial charge in [-0.05, 0) is 36.4 Å². The molecule has 0 atom stereocenters. The maximum absolute atomic E-state index is 13.0. The van der Waals surface area contributed by atoms with Crippen LogP contribution in [0.25, 0.3) is 10.9 Å². The Labute approximate surface area is 175 Å². The molecule has 156 valence electrons. The molecular weight excluding hydrogens is 434 g/mol. The Bertz CT molecular complexity index is 1360. The van der Waals surface area contributed by atoms with Crippen LogP contribution in [0, 0.1) is 0 Å². The van der Waals surface area contributed by atoms with Gasteiger partial charge in [-0.15, -0.1) is 0 Å². The van der Waals surface area contributed by atoms with Crippen LogP contribution in [-0.2, 0) is 16.4 Å². The molecule has 8 nitrogen and oxygen atoms in total. The number of ketones is 1. The van der Waals surface area contributed by atoms with E-state index < -0.39 is 32.6 Å². The van der Waals surface area contributed by atoms with Crippen LogP contribution < -0.4 is 5.43 Å². The number of carbonyl (C=O) groups excluding carboxylic acids is 1. The number of fused-ring (bicyclic) bond motifs is 1. The first-order valence-corrected chi connectivity index (χ1v) is 10.9. The Morgan fingerprint density at radius 3 is 2.40 bits per heavy atom. The topological polar surface area (TPSA) is 131 Å². The lowest BCUT2D eigenvalue weighted by atomic mass is 10.0. The first-order valence-electron chi connectivity index (χ1n) is 8.60. The first kappa shape index (κ1) is 21.7. The quantitative estimate of drug-likeness (QED) is 0.550. The number of hydrogen-bond acceptors (Lipinski definition) is 6. The number of pyridine rings is 1. The molecule has 0 saturated heterocycles. The molecule has 0 saturated carbocycles. The monoisotopic (exact) mass is 449 g/mol. The van der Waals surface area contributed by atoms with Gasteiger partial charge in [0.25, 0.3) is 0 Å². The number of hydrogen-bond donors (Lipinski definition) is 2. The molecule has 1 aromatic heterocycles. The maximum atomic E-state index is 13.0. The first-order chi connectivity index (χ1) is 14.0. The molecule has 10 heteroatoms. The third-order valence-electron chi connectivity index (χ3n) is 4.52. The zero-order valence-electron chi connectivity index (χ0n) is 15.6. The number of aliphatic hydroxyl groups is 1. The summed E-state index contributed by atoms with van der Waals surface area (Å²) in [4.78, 5) is 36.9. The number of sulfone groups is 1. The Morgan fingerprint density at radius 2 is 1.80 bits per heavy atom. The lowest BCUT2D eigenvalue weighted by molar-refractivity contribution is 0.0694. The Kier molecular flexibility index (Phi) is 5.80. The Hall–Kier alpha value is -3.01. The van der Waals surface area contributed by atoms with Crippen molar-refractivity contribution >= 4 is 44.1 Å². The van der Waals surface area contributed by atoms with Crippen molar-refractivity contribution in [3.63, 3.8) is 0 Å². The van der Waals surface area contributed by atoms with Gasteiger partial charge >= 0.3 is 5.97 Å². The molecule has 1 heterocycles. The van der Waals surface area contributed by atoms with E-state index in [2.05, 4.69) is 0 Å². The molecule has 0 unspecified atom stereocenters. The third kappa shape index (κ3) is 4.00. The van der Waals surface area contributed by atoms with Crippen LogP contribution in [0.5, 0.6) is 0 Å². The summed E-state index contributed by atoms with van der Waals surface area (Å²) in [5, 5.41) is 18.5. The molecule has 0 aliphatic rings. The number of aliphatic hydroxyl groups excluding tert-OH is 1. The predicted molar refractivity (Wildman–Crippen MR) is 110 cm³/mol. The van der Waals surface area contributed by atoms with Crippen molar-refractivity contribution in [2.24, 2.45) is 0 Å². The van der Waals surface area contributed by atoms with Crippen LogP contribution in [0.2, 0.25) is 5.02 Å². The number of aromatic nitrogens is 1. The average molecular weight is 450 g/mol. The summed E-state index contributed by atoms with van der Waals surface area (Å²) >= 11 is 6.09. The normalized spacial score (nSPS) is 11.6. The molecule has 0 radical (unpaired) electrons. The fraction of sp³-hybridized carbons (Fsp3) is 0.150. The van der Waals surface area contributed by atoms with Crippen LogP contribution >= 0.6 is 11.6 Å². The van der Waals surface area contributed by atoms with Gasteiger partial charge in [-0.3, -0.25) is 9.59 Å². The average Bonchev–Trinajstić information content (AvgIpc) is 2.68. The summed E-state index contributed by atoms with van der Waals surface area (Å²) in [6.07, 6.45) is 2.13. The van der Waals surface area contributed by atoms with Crippen molar-refractivity contribution in [1.29, 1.82) is 0 Å². The van der Waals surface area contributed by atoms with Crippen molar-refractivity contribution in [2.75, 3.05) is 12.9 Å². The van der Waals surface area contributed by atoms with Gasteiger partial charge in [0.1, 0.15) is 5.56 Å². The highest BCUT2D eigenvalue weighted by Crippen LogP contribution is 2.25. The molecule has 0 amide bonds. The molecule has 0 bridgehead atoms. The highest BCUT2D eigenvalue weighted by atomic mass is 35.5. The fourth-order valence-electron chi connectivity index (χ4n) is 3.05. The van der Waals surface area contributed by atoms with Crippen molar-refractivity contribution in [3.05, 3.63) is 74.5 Å². The summed E-state index contributed by atoms with van der Waals surface area (Å²) in [7, 11) is -3.58. The fourth-order valence-corrected chi connectivity index (χ4v) is 3.90. The van der Waals surface area contributed by atoms with E-state index in [-0.39, 0.29) is 39.6 Å². The SMILES string of the molecule is CS(=O)(=O)c1ccc(Cl)c(C(=O)c2ccc3c(c2)c(=O)c(C(=O)O)cn3CCO)c1. The molecule has 0 fully saturated rings. The Balaban J connectivity index is 2.23. The van der Waals surface area contributed by atoms with Crippen LogP contribution in [0.15, 0.2) is 52.3 Å². The van der Waals surface area contributed by atoms with Gasteiger partial charge in [-0.2, -0.15) is 0 Å². The van der Waals surface area contributed by atoms with Gasteiger partial charge in [0.2, 0.25) is 5.43 Å². The lowest BCUT2D eigenvalue weighted by Crippen LogP contribution is -2.20. The van der Waals surface area contributed by atoms with Crippen LogP contribution in [0.4, 0.5) is 0 Å². The van der Waals surface area contributed by atoms with E-state index in [1.54, 1.807) is 0 Å². The van der Waals surface area contributed by atoms with Gasteiger partial charge in [-0.1, -0.05) is 11.6 Å². The van der Waals surface area contributed by atoms with E-state index in [9.17, 15) is 33.0 Å². The lowest BCUT2D eigenvalue weighted by Gasteiger charge is -2.12. The zero-order valence-corrected chi connectivity index (χ0v) is 17.2. The minimum Gasteiger partial charge on any atom is -0.477 e. The number of benzene rings is 2. The van der Waals surface area contributed by atoms with Gasteiger partial charge in [0, 0.05) is 35.5 Å². The number of aromatic carboxylic acids is 1. The molecule has 0 aliphatic heterocycles. The molecule has 0 aliphatic carbocycles. The van der Waals surface area contributed by atoms with E-state index in [0.717, 1.165) is 18.5 Å². The molecule has 3 aromatic rings. The van der Waals surface area contributed by atoms with Crippen LogP contribution in [0.1, 0.15) is 26.3 Å². The van der Waals surface area contributed by atoms with E-state index >= 15 is 0 Å². The predicted octanol–water partition coefficient (Wildman–Crippen LogP) is 1.98. The number of carboxylic acids is 1. The van der Waals surface area contributed by atoms with Crippen LogP contribution in [0.3, 0.4) is 0 Å². The third-order valence-corrected chi connectivity index (χ3v) is 5.96. The van der Waals surface area contributed by atoms with Gasteiger partial charge in [0.15, 0.2) is 15.6 Å². The summed E-state index contributed by atoms with van der Waals surface area (Å²) in [6, 6.07) is 7.84. The number of nitrogens with zero attached hydrogens (tertiary/aromatic N) is 1. The van der Waals surface area contributed by atoms with Crippen molar-refractivity contribution < 1.29 is 28.2 Å². The highest BCUT2D eigenvalue weighted by molar-refractivity contribution is 7.90. The number of rotatable bonds is 6. The Morgan fingerprint density at radius 1 is 1.10 bits per heavy atom. The van der Waals surface area contributed by atoms with E-state index in [1.165, 1.54) is 34.9 Å². The summed E-state index contributed by atoms with van der Waals surface area (Å²) in [6.45, 7) is -0.238. The number of carbonyl (C=O) groups is 2. The molecule has 2 N–H and O–H groups in total. The molecule has 2 aromatic carbocycles. The minimum atomic E-state index is -3.58. The molecule has 30 heavy (non-hydrogen) atoms. The second-order valence-electron chi connectivity index (χ2n) is 6.57. The number of carboxylic acid groups (broad SMARTS) is 1. The number of halogens is 1. The van der Waals surface area contributed by atoms with Crippen LogP contribution in [-0.4, -0.2) is 47.8 Å². The maximum Gasteiger partial charge on any atom is 0.341 e. The van der Waals surface area contributed by atoms with E-state index in [0.29, 0.717) is 5.52 Å². The molecular formula is C20H16ClNO7S. The standard InChI is InChI=1S/C20H16ClNO7S/c1-30(28,29)12-3-4-16(21)13(9-12)18(24)11-2-5-17-14(8-11)19(25)15(20(26)27)10-22(17)6-7-23/h2-5,8-10,23H,6-7H2,1H3,(H,26,27). The van der Waals surface area contributed by atoms with Crippen molar-refractivity contribution in [2.45, 2.75) is 11.4 Å². The largest absolute Gasteiger partial charge is 0.477 e. The van der Waals surface area contributed by atoms with E-state index in [1.807, 2.05) is 0 Å². The summed E-state index contributed by atoms with van der Waals surface area (Å²) in [5.74, 6) is -2.06. The second-order valence-corrected chi connectivity index (χ2v) is 8.99. The van der Waals surface area contributed by atoms with E-state index in [4.69, 9.17) is 11.6 Å². The summed E-state index contributed by atoms with van der Waals surface area (Å²) in [5.41, 5.74) is -0.976. The zero-order chi connectivity index (χ0) is 22.2.